The lowest BCUT2D eigenvalue weighted by molar-refractivity contribution is -0.115. The van der Waals surface area contributed by atoms with Crippen molar-refractivity contribution in [3.05, 3.63) is 63.5 Å². The molecule has 1 amide bonds. The van der Waals surface area contributed by atoms with Crippen LogP contribution in [0, 0.1) is 0 Å². The first kappa shape index (κ1) is 16.8. The normalized spacial score (nSPS) is 17.4. The maximum Gasteiger partial charge on any atom is 0.264 e. The number of anilines is 1. The van der Waals surface area contributed by atoms with Crippen LogP contribution in [0.25, 0.3) is 6.08 Å². The van der Waals surface area contributed by atoms with Crippen molar-refractivity contribution >= 4 is 56.2 Å². The van der Waals surface area contributed by atoms with Gasteiger partial charge in [-0.05, 0) is 63.6 Å². The van der Waals surface area contributed by atoms with Crippen molar-refractivity contribution in [3.63, 3.8) is 0 Å². The summed E-state index contributed by atoms with van der Waals surface area (Å²) in [5, 5.41) is 3.39. The van der Waals surface area contributed by atoms with Crippen molar-refractivity contribution in [2.45, 2.75) is 0 Å². The zero-order valence-corrected chi connectivity index (χ0v) is 15.7. The van der Waals surface area contributed by atoms with Gasteiger partial charge < -0.3 is 10.2 Å². The van der Waals surface area contributed by atoms with Gasteiger partial charge in [0.2, 0.25) is 0 Å². The SMILES string of the molecule is CN(C)c1ccc(/C=C2/SC(=Nc3ccccc3Br)NC2=O)cc1. The third-order valence-corrected chi connectivity index (χ3v) is 5.01. The number of carbonyl (C=O) groups is 1. The Balaban J connectivity index is 1.81. The molecule has 6 heteroatoms. The molecule has 122 valence electrons. The number of hydrogen-bond donors (Lipinski definition) is 1. The van der Waals surface area contributed by atoms with E-state index in [9.17, 15) is 4.79 Å². The minimum absolute atomic E-state index is 0.123. The second-order valence-corrected chi connectivity index (χ2v) is 7.30. The van der Waals surface area contributed by atoms with Crippen molar-refractivity contribution < 1.29 is 4.79 Å². The highest BCUT2D eigenvalue weighted by atomic mass is 79.9. The Hall–Kier alpha value is -2.05. The van der Waals surface area contributed by atoms with Gasteiger partial charge in [-0.1, -0.05) is 24.3 Å². The minimum Gasteiger partial charge on any atom is -0.378 e. The molecule has 2 aromatic rings. The third-order valence-electron chi connectivity index (χ3n) is 3.43. The molecule has 1 saturated heterocycles. The van der Waals surface area contributed by atoms with Crippen LogP contribution in [0.5, 0.6) is 0 Å². The number of rotatable bonds is 3. The molecule has 1 fully saturated rings. The summed E-state index contributed by atoms with van der Waals surface area (Å²) < 4.78 is 0.893. The molecule has 1 heterocycles. The van der Waals surface area contributed by atoms with Gasteiger partial charge in [0.1, 0.15) is 0 Å². The number of benzene rings is 2. The molecule has 0 radical (unpaired) electrons. The zero-order valence-electron chi connectivity index (χ0n) is 13.3. The first-order chi connectivity index (χ1) is 11.5. The topological polar surface area (TPSA) is 44.7 Å². The number of amides is 1. The number of halogens is 1. The number of nitrogens with zero attached hydrogens (tertiary/aromatic N) is 2. The molecule has 24 heavy (non-hydrogen) atoms. The Morgan fingerprint density at radius 3 is 2.50 bits per heavy atom. The molecule has 0 spiro atoms. The first-order valence-corrected chi connectivity index (χ1v) is 8.95. The van der Waals surface area contributed by atoms with E-state index in [0.29, 0.717) is 10.1 Å². The van der Waals surface area contributed by atoms with E-state index in [4.69, 9.17) is 0 Å². The Kier molecular flexibility index (Phi) is 5.06. The van der Waals surface area contributed by atoms with E-state index in [2.05, 4.69) is 26.2 Å². The highest BCUT2D eigenvalue weighted by molar-refractivity contribution is 9.10. The molecule has 0 bridgehead atoms. The standard InChI is InChI=1S/C18H16BrN3OS/c1-22(2)13-9-7-12(8-10-13)11-16-17(23)21-18(24-16)20-15-6-4-3-5-14(15)19/h3-11H,1-2H3,(H,20,21,23)/b16-11+. The van der Waals surface area contributed by atoms with E-state index >= 15 is 0 Å². The number of amidine groups is 1. The van der Waals surface area contributed by atoms with Crippen LogP contribution < -0.4 is 10.2 Å². The maximum atomic E-state index is 12.1. The summed E-state index contributed by atoms with van der Waals surface area (Å²) in [6, 6.07) is 15.7. The summed E-state index contributed by atoms with van der Waals surface area (Å²) >= 11 is 4.81. The van der Waals surface area contributed by atoms with Crippen LogP contribution in [0.15, 0.2) is 62.9 Å². The lowest BCUT2D eigenvalue weighted by Crippen LogP contribution is -2.19. The van der Waals surface area contributed by atoms with E-state index in [1.165, 1.54) is 11.8 Å². The predicted octanol–water partition coefficient (Wildman–Crippen LogP) is 4.41. The smallest absolute Gasteiger partial charge is 0.264 e. The molecule has 2 aromatic carbocycles. The van der Waals surface area contributed by atoms with Gasteiger partial charge in [-0.3, -0.25) is 4.79 Å². The summed E-state index contributed by atoms with van der Waals surface area (Å²) in [6.07, 6.45) is 1.88. The fourth-order valence-corrected chi connectivity index (χ4v) is 3.36. The number of nitrogens with one attached hydrogen (secondary N) is 1. The van der Waals surface area contributed by atoms with Gasteiger partial charge in [0.25, 0.3) is 5.91 Å². The van der Waals surface area contributed by atoms with Crippen molar-refractivity contribution in [3.8, 4) is 0 Å². The Bertz CT molecular complexity index is 828. The largest absolute Gasteiger partial charge is 0.378 e. The summed E-state index contributed by atoms with van der Waals surface area (Å²) in [7, 11) is 4.00. The molecule has 0 unspecified atom stereocenters. The van der Waals surface area contributed by atoms with Crippen LogP contribution in [0.3, 0.4) is 0 Å². The van der Waals surface area contributed by atoms with E-state index in [1.807, 2.05) is 73.6 Å². The third kappa shape index (κ3) is 3.88. The molecule has 1 aliphatic rings. The minimum atomic E-state index is -0.123. The van der Waals surface area contributed by atoms with Crippen LogP contribution in [0.2, 0.25) is 0 Å². The van der Waals surface area contributed by atoms with Gasteiger partial charge in [0.15, 0.2) is 5.17 Å². The molecule has 3 rings (SSSR count). The van der Waals surface area contributed by atoms with Gasteiger partial charge in [0.05, 0.1) is 10.6 Å². The van der Waals surface area contributed by atoms with Gasteiger partial charge in [-0.15, -0.1) is 0 Å². The first-order valence-electron chi connectivity index (χ1n) is 7.34. The molecular formula is C18H16BrN3OS. The van der Waals surface area contributed by atoms with E-state index in [0.717, 1.165) is 21.4 Å². The van der Waals surface area contributed by atoms with Crippen molar-refractivity contribution in [1.29, 1.82) is 0 Å². The fourth-order valence-electron chi connectivity index (χ4n) is 2.15. The van der Waals surface area contributed by atoms with Crippen molar-refractivity contribution in [1.82, 2.24) is 5.32 Å². The lowest BCUT2D eigenvalue weighted by Gasteiger charge is -2.11. The molecule has 0 aromatic heterocycles. The monoisotopic (exact) mass is 401 g/mol. The Morgan fingerprint density at radius 1 is 1.12 bits per heavy atom. The number of aliphatic imine (C=N–C) groups is 1. The van der Waals surface area contributed by atoms with Gasteiger partial charge in [-0.25, -0.2) is 4.99 Å². The van der Waals surface area contributed by atoms with E-state index in [1.54, 1.807) is 0 Å². The lowest BCUT2D eigenvalue weighted by atomic mass is 10.2. The van der Waals surface area contributed by atoms with Crippen molar-refractivity contribution in [2.75, 3.05) is 19.0 Å². The highest BCUT2D eigenvalue weighted by Crippen LogP contribution is 2.31. The number of para-hydroxylation sites is 1. The molecular weight excluding hydrogens is 386 g/mol. The summed E-state index contributed by atoms with van der Waals surface area (Å²) in [4.78, 5) is 19.3. The fraction of sp³-hybridized carbons (Fsp3) is 0.111. The Morgan fingerprint density at radius 2 is 1.83 bits per heavy atom. The van der Waals surface area contributed by atoms with E-state index < -0.39 is 0 Å². The average molecular weight is 402 g/mol. The number of thioether (sulfide) groups is 1. The summed E-state index contributed by atoms with van der Waals surface area (Å²) in [6.45, 7) is 0. The average Bonchev–Trinajstić information content (AvgIpc) is 2.90. The van der Waals surface area contributed by atoms with Crippen LogP contribution >= 0.6 is 27.7 Å². The molecule has 0 aliphatic carbocycles. The predicted molar refractivity (Wildman–Crippen MR) is 106 cm³/mol. The van der Waals surface area contributed by atoms with Crippen LogP contribution in [-0.4, -0.2) is 25.2 Å². The van der Waals surface area contributed by atoms with Gasteiger partial charge >= 0.3 is 0 Å². The highest BCUT2D eigenvalue weighted by Gasteiger charge is 2.23. The van der Waals surface area contributed by atoms with E-state index in [-0.39, 0.29) is 5.91 Å². The maximum absolute atomic E-state index is 12.1. The quantitative estimate of drug-likeness (QED) is 0.774. The van der Waals surface area contributed by atoms with Gasteiger partial charge in [-0.2, -0.15) is 0 Å². The molecule has 0 saturated carbocycles. The molecule has 4 nitrogen and oxygen atoms in total. The second-order valence-electron chi connectivity index (χ2n) is 5.42. The van der Waals surface area contributed by atoms with Crippen molar-refractivity contribution in [2.24, 2.45) is 4.99 Å². The number of carbonyl (C=O) groups excluding carboxylic acids is 1. The van der Waals surface area contributed by atoms with Crippen LogP contribution in [0.1, 0.15) is 5.56 Å². The Labute approximate surface area is 153 Å². The van der Waals surface area contributed by atoms with Crippen LogP contribution in [-0.2, 0) is 4.79 Å². The molecule has 1 aliphatic heterocycles. The molecule has 1 N–H and O–H groups in total. The van der Waals surface area contributed by atoms with Crippen LogP contribution in [0.4, 0.5) is 11.4 Å². The second kappa shape index (κ2) is 7.23. The zero-order chi connectivity index (χ0) is 17.1. The van der Waals surface area contributed by atoms with Gasteiger partial charge in [0, 0.05) is 24.3 Å². The number of hydrogen-bond acceptors (Lipinski definition) is 4. The molecule has 0 atom stereocenters. The summed E-state index contributed by atoms with van der Waals surface area (Å²) in [5.74, 6) is -0.123. The summed E-state index contributed by atoms with van der Waals surface area (Å²) in [5.41, 5.74) is 2.90.